The van der Waals surface area contributed by atoms with E-state index in [2.05, 4.69) is 0 Å². The van der Waals surface area contributed by atoms with Crippen LogP contribution in [0.15, 0.2) is 30.3 Å². The van der Waals surface area contributed by atoms with E-state index in [1.807, 2.05) is 6.07 Å². The maximum atomic E-state index is 10.9. The number of carbonyl (C=O) groups is 1. The Balaban J connectivity index is 2.81. The third-order valence-corrected chi connectivity index (χ3v) is 1.89. The van der Waals surface area contributed by atoms with Crippen molar-refractivity contribution in [3.8, 4) is 5.75 Å². The van der Waals surface area contributed by atoms with Crippen molar-refractivity contribution in [2.75, 3.05) is 0 Å². The summed E-state index contributed by atoms with van der Waals surface area (Å²) in [5, 5.41) is 9.65. The van der Waals surface area contributed by atoms with Crippen molar-refractivity contribution in [1.29, 1.82) is 0 Å². The second kappa shape index (κ2) is 4.11. The lowest BCUT2D eigenvalue weighted by Crippen LogP contribution is -2.48. The number of hydrogen-bond donors (Lipinski definition) is 2. The highest BCUT2D eigenvalue weighted by Gasteiger charge is 2.34. The lowest BCUT2D eigenvalue weighted by Gasteiger charge is -2.23. The standard InChI is InChI=1S/C10H13NO3/c1-2-10(13,9(11)12)14-8-6-4-3-5-7-8/h3-7,13H,2H2,1H3,(H2,11,12). The Kier molecular flexibility index (Phi) is 3.09. The van der Waals surface area contributed by atoms with Gasteiger partial charge in [-0.15, -0.1) is 0 Å². The first-order chi connectivity index (χ1) is 6.58. The minimum atomic E-state index is -1.92. The van der Waals surface area contributed by atoms with Crippen LogP contribution in [0.5, 0.6) is 5.75 Å². The summed E-state index contributed by atoms with van der Waals surface area (Å²) in [6, 6.07) is 8.58. The van der Waals surface area contributed by atoms with Gasteiger partial charge in [-0.3, -0.25) is 4.79 Å². The summed E-state index contributed by atoms with van der Waals surface area (Å²) in [5.41, 5.74) is 5.02. The lowest BCUT2D eigenvalue weighted by molar-refractivity contribution is -0.172. The number of amides is 1. The second-order valence-electron chi connectivity index (χ2n) is 2.92. The molecule has 0 spiro atoms. The predicted molar refractivity (Wildman–Crippen MR) is 51.5 cm³/mol. The van der Waals surface area contributed by atoms with Crippen molar-refractivity contribution in [3.63, 3.8) is 0 Å². The van der Waals surface area contributed by atoms with Crippen LogP contribution < -0.4 is 10.5 Å². The smallest absolute Gasteiger partial charge is 0.290 e. The molecule has 1 amide bonds. The van der Waals surface area contributed by atoms with E-state index in [1.54, 1.807) is 31.2 Å². The molecule has 0 aliphatic rings. The van der Waals surface area contributed by atoms with Gasteiger partial charge < -0.3 is 15.6 Å². The van der Waals surface area contributed by atoms with Gasteiger partial charge in [-0.1, -0.05) is 25.1 Å². The summed E-state index contributed by atoms with van der Waals surface area (Å²) in [4.78, 5) is 10.9. The molecule has 3 N–H and O–H groups in total. The van der Waals surface area contributed by atoms with E-state index < -0.39 is 11.7 Å². The maximum absolute atomic E-state index is 10.9. The number of carbonyl (C=O) groups excluding carboxylic acids is 1. The zero-order chi connectivity index (χ0) is 10.6. The molecule has 4 heteroatoms. The molecule has 0 saturated carbocycles. The predicted octanol–water partition coefficient (Wildman–Crippen LogP) is 0.649. The van der Waals surface area contributed by atoms with Gasteiger partial charge in [0.15, 0.2) is 0 Å². The van der Waals surface area contributed by atoms with Crippen LogP contribution in [-0.4, -0.2) is 16.8 Å². The van der Waals surface area contributed by atoms with Crippen LogP contribution in [0, 0.1) is 0 Å². The van der Waals surface area contributed by atoms with Crippen molar-refractivity contribution >= 4 is 5.91 Å². The van der Waals surface area contributed by atoms with Crippen LogP contribution >= 0.6 is 0 Å². The number of benzene rings is 1. The van der Waals surface area contributed by atoms with Crippen LogP contribution in [0.3, 0.4) is 0 Å². The molecule has 0 fully saturated rings. The van der Waals surface area contributed by atoms with E-state index in [-0.39, 0.29) is 6.42 Å². The first kappa shape index (κ1) is 10.5. The van der Waals surface area contributed by atoms with Gasteiger partial charge in [-0.2, -0.15) is 0 Å². The molecule has 4 nitrogen and oxygen atoms in total. The third kappa shape index (κ3) is 2.23. The van der Waals surface area contributed by atoms with Gasteiger partial charge in [0.2, 0.25) is 0 Å². The van der Waals surface area contributed by atoms with Crippen LogP contribution in [0.2, 0.25) is 0 Å². The Morgan fingerprint density at radius 2 is 2.07 bits per heavy atom. The Morgan fingerprint density at radius 3 is 2.50 bits per heavy atom. The number of aliphatic hydroxyl groups is 1. The Labute approximate surface area is 82.3 Å². The Hall–Kier alpha value is -1.55. The molecule has 0 saturated heterocycles. The van der Waals surface area contributed by atoms with E-state index in [1.165, 1.54) is 0 Å². The molecular formula is C10H13NO3. The number of ether oxygens (including phenoxy) is 1. The molecule has 0 aliphatic carbocycles. The van der Waals surface area contributed by atoms with E-state index in [0.29, 0.717) is 5.75 Å². The summed E-state index contributed by atoms with van der Waals surface area (Å²) in [7, 11) is 0. The molecule has 1 rings (SSSR count). The summed E-state index contributed by atoms with van der Waals surface area (Å²) in [6.07, 6.45) is 0.108. The normalized spacial score (nSPS) is 14.4. The number of hydrogen-bond acceptors (Lipinski definition) is 3. The molecule has 0 heterocycles. The quantitative estimate of drug-likeness (QED) is 0.693. The topological polar surface area (TPSA) is 72.6 Å². The van der Waals surface area contributed by atoms with Crippen molar-refractivity contribution in [1.82, 2.24) is 0 Å². The summed E-state index contributed by atoms with van der Waals surface area (Å²) in [5.74, 6) is -2.39. The van der Waals surface area contributed by atoms with E-state index in [9.17, 15) is 9.90 Å². The SMILES string of the molecule is CCC(O)(Oc1ccccc1)C(N)=O. The van der Waals surface area contributed by atoms with Gasteiger partial charge in [0.25, 0.3) is 11.7 Å². The summed E-state index contributed by atoms with van der Waals surface area (Å²) in [6.45, 7) is 1.62. The van der Waals surface area contributed by atoms with Gasteiger partial charge in [-0.25, -0.2) is 0 Å². The van der Waals surface area contributed by atoms with E-state index >= 15 is 0 Å². The minimum Gasteiger partial charge on any atom is -0.453 e. The zero-order valence-electron chi connectivity index (χ0n) is 7.93. The van der Waals surface area contributed by atoms with Gasteiger partial charge in [0.1, 0.15) is 5.75 Å². The molecule has 0 bridgehead atoms. The van der Waals surface area contributed by atoms with Crippen molar-refractivity contribution in [3.05, 3.63) is 30.3 Å². The number of primary amides is 1. The first-order valence-electron chi connectivity index (χ1n) is 4.35. The average Bonchev–Trinajstić information content (AvgIpc) is 2.19. The second-order valence-corrected chi connectivity index (χ2v) is 2.92. The lowest BCUT2D eigenvalue weighted by atomic mass is 10.2. The average molecular weight is 195 g/mol. The largest absolute Gasteiger partial charge is 0.453 e. The number of para-hydroxylation sites is 1. The first-order valence-corrected chi connectivity index (χ1v) is 4.35. The molecule has 14 heavy (non-hydrogen) atoms. The van der Waals surface area contributed by atoms with Crippen molar-refractivity contribution < 1.29 is 14.6 Å². The molecule has 1 atom stereocenters. The van der Waals surface area contributed by atoms with Crippen LogP contribution in [0.1, 0.15) is 13.3 Å². The zero-order valence-corrected chi connectivity index (χ0v) is 7.93. The van der Waals surface area contributed by atoms with Crippen LogP contribution in [0.25, 0.3) is 0 Å². The van der Waals surface area contributed by atoms with Gasteiger partial charge >= 0.3 is 0 Å². The monoisotopic (exact) mass is 195 g/mol. The highest BCUT2D eigenvalue weighted by molar-refractivity contribution is 5.81. The Bertz CT molecular complexity index is 312. The summed E-state index contributed by atoms with van der Waals surface area (Å²) < 4.78 is 5.09. The molecule has 1 aromatic rings. The summed E-state index contributed by atoms with van der Waals surface area (Å²) >= 11 is 0. The fraction of sp³-hybridized carbons (Fsp3) is 0.300. The van der Waals surface area contributed by atoms with Crippen molar-refractivity contribution in [2.45, 2.75) is 19.1 Å². The molecule has 76 valence electrons. The fourth-order valence-corrected chi connectivity index (χ4v) is 0.980. The highest BCUT2D eigenvalue weighted by atomic mass is 16.6. The van der Waals surface area contributed by atoms with Gasteiger partial charge in [-0.05, 0) is 12.1 Å². The van der Waals surface area contributed by atoms with Crippen molar-refractivity contribution in [2.24, 2.45) is 5.73 Å². The number of nitrogens with two attached hydrogens (primary N) is 1. The molecule has 1 unspecified atom stereocenters. The third-order valence-electron chi connectivity index (χ3n) is 1.89. The molecule has 0 radical (unpaired) electrons. The molecule has 0 aliphatic heterocycles. The maximum Gasteiger partial charge on any atom is 0.290 e. The molecule has 0 aromatic heterocycles. The fourth-order valence-electron chi connectivity index (χ4n) is 0.980. The van der Waals surface area contributed by atoms with Crippen LogP contribution in [0.4, 0.5) is 0 Å². The molecule has 1 aromatic carbocycles. The minimum absolute atomic E-state index is 0.108. The number of rotatable bonds is 4. The highest BCUT2D eigenvalue weighted by Crippen LogP contribution is 2.18. The van der Waals surface area contributed by atoms with E-state index in [4.69, 9.17) is 10.5 Å². The van der Waals surface area contributed by atoms with Gasteiger partial charge in [0, 0.05) is 6.42 Å². The van der Waals surface area contributed by atoms with E-state index in [0.717, 1.165) is 0 Å². The van der Waals surface area contributed by atoms with Crippen LogP contribution in [-0.2, 0) is 4.79 Å². The molecular weight excluding hydrogens is 182 g/mol. The Morgan fingerprint density at radius 1 is 1.50 bits per heavy atom. The van der Waals surface area contributed by atoms with Gasteiger partial charge in [0.05, 0.1) is 0 Å².